The third-order valence-electron chi connectivity index (χ3n) is 6.98. The Morgan fingerprint density at radius 2 is 1.97 bits per heavy atom. The van der Waals surface area contributed by atoms with Gasteiger partial charge in [0.05, 0.1) is 22.9 Å². The predicted molar refractivity (Wildman–Crippen MR) is 123 cm³/mol. The molecule has 3 aromatic rings. The summed E-state index contributed by atoms with van der Waals surface area (Å²) in [5.74, 6) is -0.503. The van der Waals surface area contributed by atoms with E-state index >= 15 is 0 Å². The number of benzene rings is 1. The quantitative estimate of drug-likeness (QED) is 0.477. The number of rotatable bonds is 6. The van der Waals surface area contributed by atoms with Crippen molar-refractivity contribution in [3.8, 4) is 5.75 Å². The summed E-state index contributed by atoms with van der Waals surface area (Å²) in [5.41, 5.74) is 1.59. The standard InChI is InChI=1S/C26H27F3N4O2/c1-16-19(4-3-5-22(16)35-2)25-20(17-8-11-30-12-9-17)10-13-32(25)24(34)15-33-23(26(27,28)29)14-21(31-33)18-6-7-18/h3-5,8-9,11-12,14,18,20,25H,6-7,10,13,15H2,1-2H3/t20-,25+/m0/s1/i2D3. The van der Waals surface area contributed by atoms with Crippen LogP contribution >= 0.6 is 0 Å². The zero-order valence-electron chi connectivity index (χ0n) is 22.1. The van der Waals surface area contributed by atoms with Crippen LogP contribution in [0.1, 0.15) is 69.3 Å². The number of hydrogen-bond donors (Lipinski definition) is 0. The Morgan fingerprint density at radius 1 is 1.20 bits per heavy atom. The van der Waals surface area contributed by atoms with Gasteiger partial charge in [-0.05, 0) is 67.1 Å². The molecular formula is C26H27F3N4O2. The molecule has 1 saturated carbocycles. The van der Waals surface area contributed by atoms with Crippen LogP contribution in [0, 0.1) is 6.92 Å². The number of alkyl halides is 3. The van der Waals surface area contributed by atoms with E-state index in [2.05, 4.69) is 10.1 Å². The summed E-state index contributed by atoms with van der Waals surface area (Å²) in [6.07, 6.45) is 0.814. The second-order valence-corrected chi connectivity index (χ2v) is 9.16. The molecule has 1 aliphatic heterocycles. The number of amides is 1. The predicted octanol–water partition coefficient (Wildman–Crippen LogP) is 5.25. The second kappa shape index (κ2) is 9.02. The summed E-state index contributed by atoms with van der Waals surface area (Å²) in [6.45, 7) is 1.49. The van der Waals surface area contributed by atoms with Gasteiger partial charge in [0.25, 0.3) is 0 Å². The third kappa shape index (κ3) is 4.51. The van der Waals surface area contributed by atoms with Crippen LogP contribution in [0.4, 0.5) is 13.2 Å². The van der Waals surface area contributed by atoms with E-state index in [1.54, 1.807) is 42.4 Å². The minimum Gasteiger partial charge on any atom is -0.496 e. The molecule has 2 fully saturated rings. The second-order valence-electron chi connectivity index (χ2n) is 9.16. The molecule has 3 heterocycles. The van der Waals surface area contributed by atoms with Crippen molar-refractivity contribution in [1.29, 1.82) is 0 Å². The van der Waals surface area contributed by atoms with Gasteiger partial charge in [0.15, 0.2) is 0 Å². The molecule has 0 N–H and O–H groups in total. The van der Waals surface area contributed by atoms with Crippen molar-refractivity contribution in [2.75, 3.05) is 13.6 Å². The molecule has 9 heteroatoms. The lowest BCUT2D eigenvalue weighted by Crippen LogP contribution is -2.36. The van der Waals surface area contributed by atoms with Crippen molar-refractivity contribution >= 4 is 5.91 Å². The van der Waals surface area contributed by atoms with E-state index in [0.29, 0.717) is 29.8 Å². The topological polar surface area (TPSA) is 60.2 Å². The third-order valence-corrected chi connectivity index (χ3v) is 6.98. The van der Waals surface area contributed by atoms with Crippen LogP contribution in [0.15, 0.2) is 48.8 Å². The van der Waals surface area contributed by atoms with Crippen LogP contribution in [0.5, 0.6) is 5.75 Å². The van der Waals surface area contributed by atoms with Crippen molar-refractivity contribution in [2.24, 2.45) is 0 Å². The first kappa shape index (κ1) is 19.9. The van der Waals surface area contributed by atoms with Crippen molar-refractivity contribution < 1.29 is 26.8 Å². The summed E-state index contributed by atoms with van der Waals surface area (Å²) in [4.78, 5) is 19.3. The fourth-order valence-electron chi connectivity index (χ4n) is 5.06. The highest BCUT2D eigenvalue weighted by Gasteiger charge is 2.42. The molecule has 0 spiro atoms. The van der Waals surface area contributed by atoms with Crippen molar-refractivity contribution in [2.45, 2.75) is 56.8 Å². The lowest BCUT2D eigenvalue weighted by atomic mass is 9.86. The Kier molecular flexibility index (Phi) is 5.13. The van der Waals surface area contributed by atoms with Crippen molar-refractivity contribution in [3.63, 3.8) is 0 Å². The fraction of sp³-hybridized carbons (Fsp3) is 0.423. The van der Waals surface area contributed by atoms with Gasteiger partial charge in [-0.1, -0.05) is 12.1 Å². The number of hydrogen-bond acceptors (Lipinski definition) is 4. The minimum atomic E-state index is -4.64. The monoisotopic (exact) mass is 487 g/mol. The number of likely N-dealkylation sites (tertiary alicyclic amines) is 1. The van der Waals surface area contributed by atoms with E-state index in [0.717, 1.165) is 29.2 Å². The molecule has 0 radical (unpaired) electrons. The van der Waals surface area contributed by atoms with Crippen LogP contribution < -0.4 is 4.74 Å². The number of carbonyl (C=O) groups excluding carboxylic acids is 1. The average molecular weight is 488 g/mol. The normalized spacial score (nSPS) is 21.9. The summed E-state index contributed by atoms with van der Waals surface area (Å²) in [7, 11) is -2.66. The van der Waals surface area contributed by atoms with Gasteiger partial charge in [-0.2, -0.15) is 18.3 Å². The summed E-state index contributed by atoms with van der Waals surface area (Å²) < 4.78 is 69.8. The number of pyridine rings is 1. The van der Waals surface area contributed by atoms with E-state index in [4.69, 9.17) is 8.85 Å². The molecule has 2 aliphatic rings. The maximum atomic E-state index is 13.8. The number of nitrogens with zero attached hydrogens (tertiary/aromatic N) is 4. The lowest BCUT2D eigenvalue weighted by molar-refractivity contribution is -0.146. The number of ether oxygens (including phenoxy) is 1. The largest absolute Gasteiger partial charge is 0.496 e. The maximum absolute atomic E-state index is 13.8. The van der Waals surface area contributed by atoms with Gasteiger partial charge >= 0.3 is 6.18 Å². The number of aromatic nitrogens is 3. The van der Waals surface area contributed by atoms with Gasteiger partial charge in [-0.25, -0.2) is 0 Å². The summed E-state index contributed by atoms with van der Waals surface area (Å²) in [5, 5.41) is 4.16. The molecule has 1 saturated heterocycles. The zero-order chi connectivity index (χ0) is 27.2. The summed E-state index contributed by atoms with van der Waals surface area (Å²) in [6, 6.07) is 9.20. The molecule has 6 nitrogen and oxygen atoms in total. The van der Waals surface area contributed by atoms with Crippen LogP contribution in [-0.2, 0) is 17.5 Å². The highest BCUT2D eigenvalue weighted by molar-refractivity contribution is 5.77. The highest BCUT2D eigenvalue weighted by atomic mass is 19.4. The first-order valence-corrected chi connectivity index (χ1v) is 11.6. The van der Waals surface area contributed by atoms with Gasteiger partial charge in [0.2, 0.25) is 5.91 Å². The lowest BCUT2D eigenvalue weighted by Gasteiger charge is -2.31. The van der Waals surface area contributed by atoms with Crippen LogP contribution in [0.2, 0.25) is 0 Å². The van der Waals surface area contributed by atoms with E-state index in [-0.39, 0.29) is 17.6 Å². The summed E-state index contributed by atoms with van der Waals surface area (Å²) >= 11 is 0. The molecular weight excluding hydrogens is 457 g/mol. The first-order valence-electron chi connectivity index (χ1n) is 13.1. The number of halogens is 3. The zero-order valence-corrected chi connectivity index (χ0v) is 19.1. The molecule has 1 aliphatic carbocycles. The molecule has 0 bridgehead atoms. The van der Waals surface area contributed by atoms with Crippen LogP contribution in [0.25, 0.3) is 0 Å². The number of carbonyl (C=O) groups is 1. The molecule has 2 aromatic heterocycles. The Bertz CT molecular complexity index is 1320. The Morgan fingerprint density at radius 3 is 2.66 bits per heavy atom. The van der Waals surface area contributed by atoms with Crippen molar-refractivity contribution in [1.82, 2.24) is 19.7 Å². The maximum Gasteiger partial charge on any atom is 0.433 e. The average Bonchev–Trinajstić information content (AvgIpc) is 3.45. The molecule has 0 unspecified atom stereocenters. The Labute approximate surface area is 205 Å². The molecule has 1 aromatic carbocycles. The molecule has 2 atom stereocenters. The van der Waals surface area contributed by atoms with E-state index in [9.17, 15) is 18.0 Å². The fourth-order valence-corrected chi connectivity index (χ4v) is 5.06. The smallest absolute Gasteiger partial charge is 0.433 e. The first-order chi connectivity index (χ1) is 17.9. The molecule has 184 valence electrons. The van der Waals surface area contributed by atoms with E-state index < -0.39 is 37.4 Å². The molecule has 1 amide bonds. The van der Waals surface area contributed by atoms with Gasteiger partial charge < -0.3 is 9.64 Å². The number of methoxy groups -OCH3 is 1. The molecule has 35 heavy (non-hydrogen) atoms. The van der Waals surface area contributed by atoms with Crippen molar-refractivity contribution in [3.05, 3.63) is 76.9 Å². The van der Waals surface area contributed by atoms with Gasteiger partial charge in [-0.15, -0.1) is 0 Å². The molecule has 5 rings (SSSR count). The van der Waals surface area contributed by atoms with Gasteiger partial charge in [0, 0.05) is 30.8 Å². The van der Waals surface area contributed by atoms with Gasteiger partial charge in [0.1, 0.15) is 18.0 Å². The van der Waals surface area contributed by atoms with Crippen LogP contribution in [0.3, 0.4) is 0 Å². The van der Waals surface area contributed by atoms with E-state index in [1.165, 1.54) is 0 Å². The van der Waals surface area contributed by atoms with Gasteiger partial charge in [-0.3, -0.25) is 14.5 Å². The van der Waals surface area contributed by atoms with E-state index in [1.807, 2.05) is 12.1 Å². The van der Waals surface area contributed by atoms with Crippen LogP contribution in [-0.4, -0.2) is 39.2 Å². The Hall–Kier alpha value is -3.36. The Balaban J connectivity index is 1.51. The minimum absolute atomic E-state index is 0.00618. The highest BCUT2D eigenvalue weighted by Crippen LogP contribution is 2.46. The SMILES string of the molecule is [2H]C([2H])([2H])Oc1cccc([C@@H]2[C@H](c3ccncc3)CCN2C(=O)Cn2nc(C3CC3)cc2C(F)(F)F)c1C.